The summed E-state index contributed by atoms with van der Waals surface area (Å²) < 4.78 is 4.88. The van der Waals surface area contributed by atoms with E-state index in [9.17, 15) is 19.7 Å². The molecule has 1 heterocycles. The molecular weight excluding hydrogens is 420 g/mol. The van der Waals surface area contributed by atoms with E-state index in [1.54, 1.807) is 49.2 Å². The van der Waals surface area contributed by atoms with E-state index in [1.165, 1.54) is 25.3 Å². The lowest BCUT2D eigenvalue weighted by Gasteiger charge is -2.36. The van der Waals surface area contributed by atoms with Crippen molar-refractivity contribution >= 4 is 40.6 Å². The first-order chi connectivity index (χ1) is 14.7. The van der Waals surface area contributed by atoms with E-state index < -0.39 is 22.8 Å². The molecule has 2 aromatic rings. The van der Waals surface area contributed by atoms with Gasteiger partial charge in [-0.15, -0.1) is 0 Å². The molecule has 2 aromatic carbocycles. The molecule has 1 atom stereocenters. The Morgan fingerprint density at radius 2 is 1.94 bits per heavy atom. The molecule has 0 radical (unpaired) electrons. The minimum Gasteiger partial charge on any atom is -0.465 e. The molecule has 0 saturated carbocycles. The number of hydrogen-bond acceptors (Lipinski definition) is 6. The molecule has 1 aliphatic heterocycles. The van der Waals surface area contributed by atoms with Crippen molar-refractivity contribution in [3.8, 4) is 0 Å². The number of anilines is 1. The second kappa shape index (κ2) is 8.92. The quantitative estimate of drug-likeness (QED) is 0.315. The van der Waals surface area contributed by atoms with Gasteiger partial charge in [-0.05, 0) is 36.8 Å². The molecule has 1 aliphatic rings. The highest BCUT2D eigenvalue weighted by Crippen LogP contribution is 2.33. The zero-order valence-electron chi connectivity index (χ0n) is 17.0. The maximum atomic E-state index is 13.3. The van der Waals surface area contributed by atoms with Crippen molar-refractivity contribution in [2.75, 3.05) is 19.5 Å². The van der Waals surface area contributed by atoms with Crippen molar-refractivity contribution < 1.29 is 19.2 Å². The zero-order valence-corrected chi connectivity index (χ0v) is 17.9. The maximum Gasteiger partial charge on any atom is 0.338 e. The Bertz CT molecular complexity index is 1110. The average molecular weight is 440 g/mol. The number of esters is 1. The maximum absolute atomic E-state index is 13.3. The third kappa shape index (κ3) is 4.38. The normalized spacial score (nSPS) is 15.9. The highest BCUT2D eigenvalue weighted by molar-refractivity contribution is 7.80. The Kier molecular flexibility index (Phi) is 6.30. The summed E-state index contributed by atoms with van der Waals surface area (Å²) in [5.74, 6) is -1.03. The largest absolute Gasteiger partial charge is 0.465 e. The second-order valence-electron chi connectivity index (χ2n) is 6.78. The van der Waals surface area contributed by atoms with Crippen LogP contribution in [-0.4, -0.2) is 41.0 Å². The summed E-state index contributed by atoms with van der Waals surface area (Å²) in [7, 11) is 3.00. The third-order valence-electron chi connectivity index (χ3n) is 4.99. The number of non-ortho nitro benzene ring substituents is 1. The minimum absolute atomic E-state index is 0.142. The number of ether oxygens (including phenoxy) is 1. The van der Waals surface area contributed by atoms with Crippen LogP contribution in [0.5, 0.6) is 0 Å². The lowest BCUT2D eigenvalue weighted by Crippen LogP contribution is -2.47. The van der Waals surface area contributed by atoms with E-state index >= 15 is 0 Å². The number of nitro groups is 1. The fourth-order valence-electron chi connectivity index (χ4n) is 3.30. The fourth-order valence-corrected chi connectivity index (χ4v) is 3.56. The van der Waals surface area contributed by atoms with Crippen LogP contribution in [0.4, 0.5) is 11.4 Å². The molecule has 10 heteroatoms. The number of nitro benzene ring substituents is 1. The van der Waals surface area contributed by atoms with Gasteiger partial charge < -0.3 is 20.3 Å². The predicted octanol–water partition coefficient (Wildman–Crippen LogP) is 3.16. The van der Waals surface area contributed by atoms with Gasteiger partial charge >= 0.3 is 5.97 Å². The van der Waals surface area contributed by atoms with Crippen LogP contribution < -0.4 is 10.6 Å². The van der Waals surface area contributed by atoms with Gasteiger partial charge in [0.25, 0.3) is 11.6 Å². The summed E-state index contributed by atoms with van der Waals surface area (Å²) in [5, 5.41) is 17.2. The number of thiocarbonyl (C=S) groups is 1. The van der Waals surface area contributed by atoms with E-state index in [0.29, 0.717) is 27.5 Å². The summed E-state index contributed by atoms with van der Waals surface area (Å²) in [6, 6.07) is 11.7. The lowest BCUT2D eigenvalue weighted by atomic mass is 9.91. The Labute approximate surface area is 183 Å². The smallest absolute Gasteiger partial charge is 0.338 e. The molecule has 0 bridgehead atoms. The fraction of sp³-hybridized carbons (Fsp3) is 0.190. The first-order valence-electron chi connectivity index (χ1n) is 9.22. The van der Waals surface area contributed by atoms with E-state index in [4.69, 9.17) is 17.0 Å². The van der Waals surface area contributed by atoms with Gasteiger partial charge in [0.05, 0.1) is 29.2 Å². The number of rotatable bonds is 5. The standard InChI is InChI=1S/C21H20N4O5S/c1-12-17(19(26)22-13-7-6-8-14(11-13)25(28)29)18(23-21(31)24(12)2)15-9-4-5-10-16(15)20(27)30-3/h4-11,18H,1-3H3,(H,22,26)(H,23,31). The summed E-state index contributed by atoms with van der Waals surface area (Å²) >= 11 is 5.39. The van der Waals surface area contributed by atoms with Gasteiger partial charge in [0.2, 0.25) is 0 Å². The first-order valence-corrected chi connectivity index (χ1v) is 9.63. The molecule has 9 nitrogen and oxygen atoms in total. The molecule has 0 saturated heterocycles. The van der Waals surface area contributed by atoms with Gasteiger partial charge in [-0.2, -0.15) is 0 Å². The first kappa shape index (κ1) is 21.9. The topological polar surface area (TPSA) is 114 Å². The molecule has 160 valence electrons. The summed E-state index contributed by atoms with van der Waals surface area (Å²) in [5.41, 5.74) is 1.85. The van der Waals surface area contributed by atoms with Gasteiger partial charge in [-0.1, -0.05) is 24.3 Å². The number of methoxy groups -OCH3 is 1. The Morgan fingerprint density at radius 3 is 2.61 bits per heavy atom. The van der Waals surface area contributed by atoms with Crippen LogP contribution in [0, 0.1) is 10.1 Å². The van der Waals surface area contributed by atoms with Gasteiger partial charge in [-0.3, -0.25) is 14.9 Å². The highest BCUT2D eigenvalue weighted by atomic mass is 32.1. The Hall–Kier alpha value is -3.79. The lowest BCUT2D eigenvalue weighted by molar-refractivity contribution is -0.384. The number of nitrogens with zero attached hydrogens (tertiary/aromatic N) is 2. The van der Waals surface area contributed by atoms with E-state index in [1.807, 2.05) is 0 Å². The van der Waals surface area contributed by atoms with Gasteiger partial charge in [0.1, 0.15) is 0 Å². The van der Waals surface area contributed by atoms with Crippen LogP contribution >= 0.6 is 12.2 Å². The molecule has 1 amide bonds. The average Bonchev–Trinajstić information content (AvgIpc) is 2.76. The van der Waals surface area contributed by atoms with Crippen molar-refractivity contribution in [1.29, 1.82) is 0 Å². The van der Waals surface area contributed by atoms with Gasteiger partial charge in [-0.25, -0.2) is 4.79 Å². The molecule has 0 spiro atoms. The Balaban J connectivity index is 2.06. The van der Waals surface area contributed by atoms with Crippen LogP contribution in [0.15, 0.2) is 59.8 Å². The van der Waals surface area contributed by atoms with Gasteiger partial charge in [0, 0.05) is 30.6 Å². The second-order valence-corrected chi connectivity index (χ2v) is 7.17. The van der Waals surface area contributed by atoms with E-state index in [-0.39, 0.29) is 11.4 Å². The SMILES string of the molecule is COC(=O)c1ccccc1C1NC(=S)N(C)C(C)=C1C(=O)Nc1cccc([N+](=O)[O-])c1. The number of hydrogen-bond donors (Lipinski definition) is 2. The van der Waals surface area contributed by atoms with Crippen molar-refractivity contribution in [1.82, 2.24) is 10.2 Å². The van der Waals surface area contributed by atoms with Crippen LogP contribution in [0.25, 0.3) is 0 Å². The number of allylic oxidation sites excluding steroid dienone is 1. The van der Waals surface area contributed by atoms with Crippen LogP contribution in [0.2, 0.25) is 0 Å². The molecule has 3 rings (SSSR count). The molecular formula is C21H20N4O5S. The van der Waals surface area contributed by atoms with E-state index in [2.05, 4.69) is 10.6 Å². The summed E-state index contributed by atoms with van der Waals surface area (Å²) in [4.78, 5) is 37.7. The molecule has 0 fully saturated rings. The number of carbonyl (C=O) groups is 2. The molecule has 31 heavy (non-hydrogen) atoms. The number of benzene rings is 2. The molecule has 1 unspecified atom stereocenters. The zero-order chi connectivity index (χ0) is 22.7. The Morgan fingerprint density at radius 1 is 1.23 bits per heavy atom. The van der Waals surface area contributed by atoms with Gasteiger partial charge in [0.15, 0.2) is 5.11 Å². The predicted molar refractivity (Wildman–Crippen MR) is 118 cm³/mol. The number of carbonyl (C=O) groups excluding carboxylic acids is 2. The number of amides is 1. The van der Waals surface area contributed by atoms with E-state index in [0.717, 1.165) is 0 Å². The summed E-state index contributed by atoms with van der Waals surface area (Å²) in [6.07, 6.45) is 0. The van der Waals surface area contributed by atoms with Crippen molar-refractivity contribution in [2.24, 2.45) is 0 Å². The molecule has 2 N–H and O–H groups in total. The van der Waals surface area contributed by atoms with Crippen molar-refractivity contribution in [2.45, 2.75) is 13.0 Å². The minimum atomic E-state index is -0.724. The monoisotopic (exact) mass is 440 g/mol. The van der Waals surface area contributed by atoms with Crippen molar-refractivity contribution in [3.05, 3.63) is 81.0 Å². The third-order valence-corrected chi connectivity index (χ3v) is 5.38. The van der Waals surface area contributed by atoms with Crippen molar-refractivity contribution in [3.63, 3.8) is 0 Å². The highest BCUT2D eigenvalue weighted by Gasteiger charge is 2.34. The van der Waals surface area contributed by atoms with Crippen LogP contribution in [0.1, 0.15) is 28.9 Å². The molecule has 0 aromatic heterocycles. The summed E-state index contributed by atoms with van der Waals surface area (Å²) in [6.45, 7) is 1.74. The van der Waals surface area contributed by atoms with Crippen LogP contribution in [0.3, 0.4) is 0 Å². The van der Waals surface area contributed by atoms with Crippen LogP contribution in [-0.2, 0) is 9.53 Å². The number of nitrogens with one attached hydrogen (secondary N) is 2. The molecule has 0 aliphatic carbocycles.